The fourth-order valence-corrected chi connectivity index (χ4v) is 3.24. The van der Waals surface area contributed by atoms with Crippen LogP contribution in [-0.2, 0) is 9.53 Å². The zero-order valence-electron chi connectivity index (χ0n) is 15.2. The summed E-state index contributed by atoms with van der Waals surface area (Å²) >= 11 is 6.08. The molecule has 5 nitrogen and oxygen atoms in total. The Balaban J connectivity index is 1.75. The number of nitrogens with zero attached hydrogens (tertiary/aromatic N) is 1. The molecular weight excluding hydrogens is 364 g/mol. The fourth-order valence-electron chi connectivity index (χ4n) is 2.88. The van der Waals surface area contributed by atoms with Crippen LogP contribution in [0.4, 0.5) is 5.69 Å². The van der Waals surface area contributed by atoms with E-state index in [1.807, 2.05) is 36.4 Å². The van der Waals surface area contributed by atoms with Crippen molar-refractivity contribution in [3.8, 4) is 0 Å². The van der Waals surface area contributed by atoms with E-state index in [-0.39, 0.29) is 10.7 Å². The van der Waals surface area contributed by atoms with E-state index in [4.69, 9.17) is 16.3 Å². The Hall–Kier alpha value is -2.92. The number of hydrogen-bond acceptors (Lipinski definition) is 4. The maximum absolute atomic E-state index is 12.5. The molecule has 0 aliphatic rings. The Morgan fingerprint density at radius 2 is 1.81 bits per heavy atom. The van der Waals surface area contributed by atoms with Crippen LogP contribution in [-0.4, -0.2) is 23.0 Å². The summed E-state index contributed by atoms with van der Waals surface area (Å²) in [5, 5.41) is 4.80. The van der Waals surface area contributed by atoms with E-state index in [1.54, 1.807) is 26.0 Å². The maximum Gasteiger partial charge on any atom is 0.342 e. The molecule has 3 rings (SSSR count). The summed E-state index contributed by atoms with van der Waals surface area (Å²) in [7, 11) is 0. The zero-order chi connectivity index (χ0) is 19.6. The number of benzene rings is 2. The predicted molar refractivity (Wildman–Crippen MR) is 106 cm³/mol. The smallest absolute Gasteiger partial charge is 0.342 e. The number of nitrogens with one attached hydrogen (secondary N) is 1. The van der Waals surface area contributed by atoms with Crippen LogP contribution in [0.1, 0.15) is 28.5 Å². The molecule has 1 N–H and O–H groups in total. The molecular formula is C21H19ClN2O3. The minimum Gasteiger partial charge on any atom is -0.449 e. The van der Waals surface area contributed by atoms with Gasteiger partial charge in [0.25, 0.3) is 5.91 Å². The molecule has 6 heteroatoms. The SMILES string of the molecule is Cc1cc(C)c(C(=O)O[C@@H](C)C(=O)Nc2cccc3ccccc23)c(Cl)n1. The number of pyridine rings is 1. The average molecular weight is 383 g/mol. The molecule has 0 radical (unpaired) electrons. The Kier molecular flexibility index (Phi) is 5.42. The summed E-state index contributed by atoms with van der Waals surface area (Å²) in [5.74, 6) is -1.10. The van der Waals surface area contributed by atoms with Gasteiger partial charge in [0.2, 0.25) is 0 Å². The number of rotatable bonds is 4. The Bertz CT molecular complexity index is 1000. The number of carbonyl (C=O) groups excluding carboxylic acids is 2. The molecule has 2 aromatic carbocycles. The number of amides is 1. The highest BCUT2D eigenvalue weighted by Crippen LogP contribution is 2.24. The lowest BCUT2D eigenvalue weighted by atomic mass is 10.1. The third-order valence-corrected chi connectivity index (χ3v) is 4.48. The van der Waals surface area contributed by atoms with Gasteiger partial charge in [-0.3, -0.25) is 4.79 Å². The maximum atomic E-state index is 12.5. The van der Waals surface area contributed by atoms with Gasteiger partial charge in [0.1, 0.15) is 5.15 Å². The molecule has 27 heavy (non-hydrogen) atoms. The Morgan fingerprint density at radius 3 is 2.56 bits per heavy atom. The van der Waals surface area contributed by atoms with Gasteiger partial charge in [-0.2, -0.15) is 0 Å². The van der Waals surface area contributed by atoms with Crippen molar-refractivity contribution in [2.24, 2.45) is 0 Å². The minimum absolute atomic E-state index is 0.0687. The van der Waals surface area contributed by atoms with E-state index in [1.165, 1.54) is 6.92 Å². The summed E-state index contributed by atoms with van der Waals surface area (Å²) < 4.78 is 5.31. The van der Waals surface area contributed by atoms with Crippen LogP contribution >= 0.6 is 11.6 Å². The van der Waals surface area contributed by atoms with Crippen molar-refractivity contribution in [3.63, 3.8) is 0 Å². The van der Waals surface area contributed by atoms with Gasteiger partial charge >= 0.3 is 5.97 Å². The normalized spacial score (nSPS) is 11.9. The topological polar surface area (TPSA) is 68.3 Å². The lowest BCUT2D eigenvalue weighted by Crippen LogP contribution is -2.30. The summed E-state index contributed by atoms with van der Waals surface area (Å²) in [6, 6.07) is 15.1. The van der Waals surface area contributed by atoms with E-state index >= 15 is 0 Å². The molecule has 1 amide bonds. The summed E-state index contributed by atoms with van der Waals surface area (Å²) in [6.45, 7) is 5.05. The number of hydrogen-bond donors (Lipinski definition) is 1. The van der Waals surface area contributed by atoms with Crippen molar-refractivity contribution in [1.82, 2.24) is 4.98 Å². The lowest BCUT2D eigenvalue weighted by molar-refractivity contribution is -0.123. The summed E-state index contributed by atoms with van der Waals surface area (Å²) in [6.07, 6.45) is -0.992. The molecule has 1 atom stereocenters. The molecule has 0 saturated carbocycles. The zero-order valence-corrected chi connectivity index (χ0v) is 16.0. The van der Waals surface area contributed by atoms with Gasteiger partial charge in [-0.15, -0.1) is 0 Å². The van der Waals surface area contributed by atoms with Crippen LogP contribution < -0.4 is 5.32 Å². The molecule has 1 heterocycles. The van der Waals surface area contributed by atoms with Crippen LogP contribution in [0.3, 0.4) is 0 Å². The second-order valence-corrected chi connectivity index (χ2v) is 6.67. The fraction of sp³-hybridized carbons (Fsp3) is 0.190. The third-order valence-electron chi connectivity index (χ3n) is 4.21. The second kappa shape index (κ2) is 7.76. The number of fused-ring (bicyclic) bond motifs is 1. The highest BCUT2D eigenvalue weighted by atomic mass is 35.5. The number of esters is 1. The van der Waals surface area contributed by atoms with Crippen molar-refractivity contribution in [2.75, 3.05) is 5.32 Å². The minimum atomic E-state index is -0.992. The molecule has 0 fully saturated rings. The number of halogens is 1. The molecule has 0 bridgehead atoms. The summed E-state index contributed by atoms with van der Waals surface area (Å²) in [5.41, 5.74) is 2.19. The van der Waals surface area contributed by atoms with Crippen LogP contribution in [0.2, 0.25) is 5.15 Å². The highest BCUT2D eigenvalue weighted by molar-refractivity contribution is 6.32. The van der Waals surface area contributed by atoms with Gasteiger partial charge in [0.05, 0.1) is 5.56 Å². The van der Waals surface area contributed by atoms with Gasteiger partial charge in [0, 0.05) is 16.8 Å². The van der Waals surface area contributed by atoms with Gasteiger partial charge in [-0.25, -0.2) is 9.78 Å². The van der Waals surface area contributed by atoms with E-state index in [0.717, 1.165) is 10.8 Å². The molecule has 3 aromatic rings. The van der Waals surface area contributed by atoms with Crippen LogP contribution in [0.25, 0.3) is 10.8 Å². The third kappa shape index (κ3) is 4.09. The van der Waals surface area contributed by atoms with Crippen molar-refractivity contribution >= 4 is 39.9 Å². The molecule has 0 aliphatic heterocycles. The first-order chi connectivity index (χ1) is 12.9. The molecule has 1 aromatic heterocycles. The number of anilines is 1. The molecule has 0 spiro atoms. The molecule has 138 valence electrons. The van der Waals surface area contributed by atoms with Crippen molar-refractivity contribution < 1.29 is 14.3 Å². The first-order valence-corrected chi connectivity index (χ1v) is 8.88. The van der Waals surface area contributed by atoms with E-state index in [0.29, 0.717) is 16.9 Å². The molecule has 0 aliphatic carbocycles. The quantitative estimate of drug-likeness (QED) is 0.525. The first kappa shape index (κ1) is 18.9. The van der Waals surface area contributed by atoms with Crippen molar-refractivity contribution in [2.45, 2.75) is 26.9 Å². The average Bonchev–Trinajstić information content (AvgIpc) is 2.61. The van der Waals surface area contributed by atoms with E-state index < -0.39 is 18.0 Å². The molecule has 0 unspecified atom stereocenters. The number of ether oxygens (including phenoxy) is 1. The van der Waals surface area contributed by atoms with Crippen LogP contribution in [0.15, 0.2) is 48.5 Å². The first-order valence-electron chi connectivity index (χ1n) is 8.50. The van der Waals surface area contributed by atoms with Crippen molar-refractivity contribution in [3.05, 3.63) is 70.5 Å². The van der Waals surface area contributed by atoms with Crippen LogP contribution in [0, 0.1) is 13.8 Å². The van der Waals surface area contributed by atoms with E-state index in [9.17, 15) is 9.59 Å². The predicted octanol–water partition coefficient (Wildman–Crippen LogP) is 4.69. The Morgan fingerprint density at radius 1 is 1.11 bits per heavy atom. The number of aryl methyl sites for hydroxylation is 2. The monoisotopic (exact) mass is 382 g/mol. The number of carbonyl (C=O) groups is 2. The Labute approximate surface area is 162 Å². The van der Waals surface area contributed by atoms with Gasteiger partial charge in [-0.1, -0.05) is 48.0 Å². The van der Waals surface area contributed by atoms with E-state index in [2.05, 4.69) is 10.3 Å². The second-order valence-electron chi connectivity index (χ2n) is 6.31. The highest BCUT2D eigenvalue weighted by Gasteiger charge is 2.23. The summed E-state index contributed by atoms with van der Waals surface area (Å²) in [4.78, 5) is 29.0. The van der Waals surface area contributed by atoms with Gasteiger partial charge < -0.3 is 10.1 Å². The van der Waals surface area contributed by atoms with Crippen LogP contribution in [0.5, 0.6) is 0 Å². The largest absolute Gasteiger partial charge is 0.449 e. The van der Waals surface area contributed by atoms with Crippen molar-refractivity contribution in [1.29, 1.82) is 0 Å². The lowest BCUT2D eigenvalue weighted by Gasteiger charge is -2.16. The van der Waals surface area contributed by atoms with Gasteiger partial charge in [-0.05, 0) is 43.9 Å². The molecule has 0 saturated heterocycles. The van der Waals surface area contributed by atoms with Gasteiger partial charge in [0.15, 0.2) is 6.10 Å². The number of aromatic nitrogens is 1. The standard InChI is InChI=1S/C21H19ClN2O3/c1-12-11-13(2)23-19(22)18(12)21(26)27-14(3)20(25)24-17-10-6-8-15-7-4-5-9-16(15)17/h4-11,14H,1-3H3,(H,24,25)/t14-/m0/s1.